The number of anilines is 3. The van der Waals surface area contributed by atoms with E-state index in [2.05, 4.69) is 54.6 Å². The summed E-state index contributed by atoms with van der Waals surface area (Å²) in [6.07, 6.45) is 6.21. The quantitative estimate of drug-likeness (QED) is 0.292. The van der Waals surface area contributed by atoms with E-state index in [1.165, 1.54) is 24.1 Å². The van der Waals surface area contributed by atoms with E-state index >= 15 is 0 Å². The van der Waals surface area contributed by atoms with Crippen LogP contribution in [0, 0.1) is 0 Å². The number of hydrogen-bond acceptors (Lipinski definition) is 9. The highest BCUT2D eigenvalue weighted by Crippen LogP contribution is 2.40. The molecule has 1 saturated heterocycles. The predicted molar refractivity (Wildman–Crippen MR) is 155 cm³/mol. The Morgan fingerprint density at radius 3 is 2.58 bits per heavy atom. The van der Waals surface area contributed by atoms with E-state index in [0.717, 1.165) is 66.6 Å². The third-order valence-corrected chi connectivity index (χ3v) is 7.58. The summed E-state index contributed by atoms with van der Waals surface area (Å²) in [4.78, 5) is 23.6. The van der Waals surface area contributed by atoms with Crippen molar-refractivity contribution in [2.24, 2.45) is 0 Å². The first-order valence-corrected chi connectivity index (χ1v) is 13.7. The monoisotopic (exact) mass is 533 g/mol. The number of para-hydroxylation sites is 1. The summed E-state index contributed by atoms with van der Waals surface area (Å²) in [5, 5.41) is 12.0. The SMILES string of the molecule is COc1ccc(CN2CCN(c3ccc(-c4nc(Nc5cc(C6CC6)[nH]n5)c5ccccc5n4)cn3)CC2)cn1. The molecule has 5 aromatic rings. The molecule has 5 heterocycles. The summed E-state index contributed by atoms with van der Waals surface area (Å²) in [6, 6.07) is 18.2. The Morgan fingerprint density at radius 2 is 1.82 bits per heavy atom. The van der Waals surface area contributed by atoms with Crippen LogP contribution in [0.3, 0.4) is 0 Å². The molecule has 7 rings (SSSR count). The van der Waals surface area contributed by atoms with Gasteiger partial charge < -0.3 is 15.0 Å². The minimum absolute atomic E-state index is 0.610. The van der Waals surface area contributed by atoms with E-state index in [-0.39, 0.29) is 0 Å². The van der Waals surface area contributed by atoms with Crippen molar-refractivity contribution in [1.82, 2.24) is 35.0 Å². The number of aromatic amines is 1. The molecule has 1 aliphatic heterocycles. The highest BCUT2D eigenvalue weighted by Gasteiger charge is 2.26. The molecule has 0 radical (unpaired) electrons. The van der Waals surface area contributed by atoms with Gasteiger partial charge in [-0.1, -0.05) is 18.2 Å². The average Bonchev–Trinajstić information content (AvgIpc) is 3.76. The van der Waals surface area contributed by atoms with E-state index in [1.807, 2.05) is 42.7 Å². The van der Waals surface area contributed by atoms with Gasteiger partial charge in [0, 0.05) is 79.8 Å². The van der Waals surface area contributed by atoms with Gasteiger partial charge in [0.05, 0.1) is 12.6 Å². The molecule has 2 aliphatic rings. The number of methoxy groups -OCH3 is 1. The van der Waals surface area contributed by atoms with Gasteiger partial charge in [-0.3, -0.25) is 10.00 Å². The van der Waals surface area contributed by atoms with E-state index < -0.39 is 0 Å². The molecule has 0 spiro atoms. The van der Waals surface area contributed by atoms with Crippen LogP contribution in [0.4, 0.5) is 17.5 Å². The van der Waals surface area contributed by atoms with Gasteiger partial charge in [-0.15, -0.1) is 0 Å². The standard InChI is InChI=1S/C30H31N9O/c1-40-28-11-6-20(17-32-28)19-38-12-14-39(15-13-38)27-10-9-22(18-31-27)29-33-24-5-3-2-4-23(24)30(35-29)34-26-16-25(36-37-26)21-7-8-21/h2-6,9-11,16-18,21H,7-8,12-15,19H2,1H3,(H2,33,34,35,36,37). The zero-order chi connectivity index (χ0) is 26.9. The van der Waals surface area contributed by atoms with E-state index in [4.69, 9.17) is 19.7 Å². The van der Waals surface area contributed by atoms with Crippen LogP contribution in [0.2, 0.25) is 0 Å². The molecule has 4 aromatic heterocycles. The van der Waals surface area contributed by atoms with E-state index in [9.17, 15) is 0 Å². The van der Waals surface area contributed by atoms with E-state index in [1.54, 1.807) is 7.11 Å². The average molecular weight is 534 g/mol. The molecule has 1 aromatic carbocycles. The molecule has 202 valence electrons. The minimum Gasteiger partial charge on any atom is -0.481 e. The molecule has 10 heteroatoms. The summed E-state index contributed by atoms with van der Waals surface area (Å²) >= 11 is 0. The maximum absolute atomic E-state index is 5.16. The van der Waals surface area contributed by atoms with Crippen molar-refractivity contribution in [3.05, 3.63) is 78.2 Å². The fourth-order valence-corrected chi connectivity index (χ4v) is 5.15. The molecular weight excluding hydrogens is 502 g/mol. The highest BCUT2D eigenvalue weighted by molar-refractivity contribution is 5.92. The summed E-state index contributed by atoms with van der Waals surface area (Å²) in [5.74, 6) is 4.37. The van der Waals surface area contributed by atoms with Crippen molar-refractivity contribution >= 4 is 28.4 Å². The zero-order valence-electron chi connectivity index (χ0n) is 22.4. The second-order valence-electron chi connectivity index (χ2n) is 10.4. The van der Waals surface area contributed by atoms with Gasteiger partial charge in [-0.05, 0) is 42.7 Å². The third kappa shape index (κ3) is 5.17. The first-order valence-electron chi connectivity index (χ1n) is 13.7. The van der Waals surface area contributed by atoms with Crippen molar-refractivity contribution in [2.45, 2.75) is 25.3 Å². The molecule has 1 aliphatic carbocycles. The van der Waals surface area contributed by atoms with Gasteiger partial charge in [0.15, 0.2) is 11.6 Å². The Labute approximate surface area is 232 Å². The second-order valence-corrected chi connectivity index (χ2v) is 10.4. The van der Waals surface area contributed by atoms with Crippen molar-refractivity contribution < 1.29 is 4.74 Å². The minimum atomic E-state index is 0.610. The molecule has 2 fully saturated rings. The second kappa shape index (κ2) is 10.5. The highest BCUT2D eigenvalue weighted by atomic mass is 16.5. The van der Waals surface area contributed by atoms with Crippen LogP contribution in [0.5, 0.6) is 5.88 Å². The lowest BCUT2D eigenvalue weighted by atomic mass is 10.2. The number of ether oxygens (including phenoxy) is 1. The number of aromatic nitrogens is 6. The largest absolute Gasteiger partial charge is 0.481 e. The van der Waals surface area contributed by atoms with Gasteiger partial charge in [0.1, 0.15) is 11.6 Å². The van der Waals surface area contributed by atoms with Crippen LogP contribution in [0.25, 0.3) is 22.3 Å². The molecule has 0 unspecified atom stereocenters. The lowest BCUT2D eigenvalue weighted by Crippen LogP contribution is -2.46. The lowest BCUT2D eigenvalue weighted by molar-refractivity contribution is 0.249. The van der Waals surface area contributed by atoms with Crippen LogP contribution in [-0.2, 0) is 6.54 Å². The number of piperazine rings is 1. The topological polar surface area (TPSA) is 108 Å². The number of nitrogens with zero attached hydrogens (tertiary/aromatic N) is 7. The molecule has 2 N–H and O–H groups in total. The Hall–Kier alpha value is -4.57. The molecule has 1 saturated carbocycles. The number of benzene rings is 1. The van der Waals surface area contributed by atoms with Gasteiger partial charge >= 0.3 is 0 Å². The van der Waals surface area contributed by atoms with Crippen molar-refractivity contribution in [1.29, 1.82) is 0 Å². The summed E-state index contributed by atoms with van der Waals surface area (Å²) in [5.41, 5.74) is 4.13. The number of H-pyrrole nitrogens is 1. The Morgan fingerprint density at radius 1 is 0.950 bits per heavy atom. The molecule has 0 amide bonds. The fraction of sp³-hybridized carbons (Fsp3) is 0.300. The third-order valence-electron chi connectivity index (χ3n) is 7.58. The van der Waals surface area contributed by atoms with Crippen LogP contribution in [-0.4, -0.2) is 68.3 Å². The van der Waals surface area contributed by atoms with Crippen LogP contribution >= 0.6 is 0 Å². The molecular formula is C30H31N9O. The van der Waals surface area contributed by atoms with Crippen molar-refractivity contribution in [3.8, 4) is 17.3 Å². The number of nitrogens with one attached hydrogen (secondary N) is 2. The number of fused-ring (bicyclic) bond motifs is 1. The smallest absolute Gasteiger partial charge is 0.212 e. The van der Waals surface area contributed by atoms with Crippen molar-refractivity contribution in [3.63, 3.8) is 0 Å². The summed E-state index contributed by atoms with van der Waals surface area (Å²) in [6.45, 7) is 4.65. The summed E-state index contributed by atoms with van der Waals surface area (Å²) < 4.78 is 5.16. The number of hydrogen-bond donors (Lipinski definition) is 2. The first-order chi connectivity index (χ1) is 19.7. The summed E-state index contributed by atoms with van der Waals surface area (Å²) in [7, 11) is 1.64. The van der Waals surface area contributed by atoms with Crippen LogP contribution < -0.4 is 15.0 Å². The molecule has 0 atom stereocenters. The van der Waals surface area contributed by atoms with Crippen LogP contribution in [0.15, 0.2) is 67.0 Å². The van der Waals surface area contributed by atoms with Gasteiger partial charge in [0.2, 0.25) is 5.88 Å². The normalized spacial score (nSPS) is 15.9. The fourth-order valence-electron chi connectivity index (χ4n) is 5.15. The van der Waals surface area contributed by atoms with Gasteiger partial charge in [-0.25, -0.2) is 19.9 Å². The number of pyridine rings is 2. The molecule has 40 heavy (non-hydrogen) atoms. The Balaban J connectivity index is 1.05. The van der Waals surface area contributed by atoms with Gasteiger partial charge in [0.25, 0.3) is 0 Å². The van der Waals surface area contributed by atoms with E-state index in [0.29, 0.717) is 17.6 Å². The maximum Gasteiger partial charge on any atom is 0.212 e. The Bertz CT molecular complexity index is 1610. The Kier molecular flexibility index (Phi) is 6.45. The zero-order valence-corrected chi connectivity index (χ0v) is 22.4. The first kappa shape index (κ1) is 24.5. The predicted octanol–water partition coefficient (Wildman–Crippen LogP) is 4.76. The lowest BCUT2D eigenvalue weighted by Gasteiger charge is -2.35. The van der Waals surface area contributed by atoms with Crippen molar-refractivity contribution in [2.75, 3.05) is 43.5 Å². The van der Waals surface area contributed by atoms with Gasteiger partial charge in [-0.2, -0.15) is 5.10 Å². The molecule has 0 bridgehead atoms. The number of rotatable bonds is 8. The van der Waals surface area contributed by atoms with Crippen LogP contribution in [0.1, 0.15) is 30.0 Å². The molecule has 10 nitrogen and oxygen atoms in total. The maximum atomic E-state index is 5.16.